The van der Waals surface area contributed by atoms with E-state index in [1.807, 2.05) is 38.1 Å². The number of hydrogen-bond donors (Lipinski definition) is 2. The molecule has 2 N–H and O–H groups in total. The van der Waals surface area contributed by atoms with Gasteiger partial charge in [0.15, 0.2) is 5.82 Å². The monoisotopic (exact) mass is 338 g/mol. The van der Waals surface area contributed by atoms with Crippen molar-refractivity contribution in [1.82, 2.24) is 29.9 Å². The van der Waals surface area contributed by atoms with E-state index in [1.54, 1.807) is 4.90 Å². The standard InChI is InChI=1S/C17H18N6O2/c1-10-3-5-13(6-4-10)23-15(24)7-14(21-23)17(25)22-8-12(9-22)16-18-11(2)19-20-16/h3-7,12,21H,8-9H2,1-2H3,(H,18,19,20). The Kier molecular flexibility index (Phi) is 3.52. The second-order valence-electron chi connectivity index (χ2n) is 6.37. The van der Waals surface area contributed by atoms with Crippen LogP contribution < -0.4 is 5.56 Å². The van der Waals surface area contributed by atoms with E-state index in [1.165, 1.54) is 10.7 Å². The fraction of sp³-hybridized carbons (Fsp3) is 0.294. The lowest BCUT2D eigenvalue weighted by Crippen LogP contribution is -2.49. The fourth-order valence-corrected chi connectivity index (χ4v) is 2.91. The number of aromatic amines is 2. The number of H-pyrrole nitrogens is 2. The molecule has 1 aliphatic rings. The van der Waals surface area contributed by atoms with E-state index in [4.69, 9.17) is 0 Å². The second kappa shape index (κ2) is 5.73. The van der Waals surface area contributed by atoms with Gasteiger partial charge >= 0.3 is 0 Å². The third-order valence-electron chi connectivity index (χ3n) is 4.39. The number of carbonyl (C=O) groups is 1. The summed E-state index contributed by atoms with van der Waals surface area (Å²) in [4.78, 5) is 30.7. The molecule has 1 aliphatic heterocycles. The molecule has 25 heavy (non-hydrogen) atoms. The first-order valence-corrected chi connectivity index (χ1v) is 8.08. The minimum absolute atomic E-state index is 0.139. The van der Waals surface area contributed by atoms with E-state index in [0.29, 0.717) is 18.8 Å². The summed E-state index contributed by atoms with van der Waals surface area (Å²) in [6.45, 7) is 4.92. The van der Waals surface area contributed by atoms with E-state index in [0.717, 1.165) is 17.2 Å². The third-order valence-corrected chi connectivity index (χ3v) is 4.39. The molecule has 3 aromatic rings. The van der Waals surface area contributed by atoms with Crippen molar-refractivity contribution in [2.75, 3.05) is 13.1 Å². The third kappa shape index (κ3) is 2.75. The molecule has 1 saturated heterocycles. The van der Waals surface area contributed by atoms with Gasteiger partial charge in [0.1, 0.15) is 11.5 Å². The van der Waals surface area contributed by atoms with Crippen molar-refractivity contribution in [2.45, 2.75) is 19.8 Å². The Balaban J connectivity index is 1.49. The summed E-state index contributed by atoms with van der Waals surface area (Å²) in [5.74, 6) is 1.44. The van der Waals surface area contributed by atoms with Gasteiger partial charge in [0.05, 0.1) is 11.6 Å². The molecule has 8 heteroatoms. The molecule has 1 amide bonds. The average molecular weight is 338 g/mol. The van der Waals surface area contributed by atoms with Crippen LogP contribution in [0.25, 0.3) is 5.69 Å². The van der Waals surface area contributed by atoms with Crippen LogP contribution in [0.4, 0.5) is 0 Å². The topological polar surface area (TPSA) is 99.7 Å². The highest BCUT2D eigenvalue weighted by molar-refractivity contribution is 5.93. The number of nitrogens with one attached hydrogen (secondary N) is 2. The van der Waals surface area contributed by atoms with Crippen LogP contribution in [0.1, 0.15) is 33.6 Å². The molecule has 1 aromatic carbocycles. The van der Waals surface area contributed by atoms with Gasteiger partial charge in [-0.3, -0.25) is 19.8 Å². The van der Waals surface area contributed by atoms with Gasteiger partial charge in [-0.2, -0.15) is 5.10 Å². The number of aryl methyl sites for hydroxylation is 2. The zero-order valence-corrected chi connectivity index (χ0v) is 14.0. The van der Waals surface area contributed by atoms with Crippen molar-refractivity contribution >= 4 is 5.91 Å². The van der Waals surface area contributed by atoms with Gasteiger partial charge in [0.2, 0.25) is 0 Å². The van der Waals surface area contributed by atoms with Crippen LogP contribution in [-0.4, -0.2) is 48.9 Å². The highest BCUT2D eigenvalue weighted by Crippen LogP contribution is 2.25. The minimum atomic E-state index is -0.256. The molecule has 0 bridgehead atoms. The summed E-state index contributed by atoms with van der Waals surface area (Å²) in [7, 11) is 0. The molecular formula is C17H18N6O2. The van der Waals surface area contributed by atoms with Crippen molar-refractivity contribution in [3.8, 4) is 5.69 Å². The Hall–Kier alpha value is -3.16. The molecule has 1 fully saturated rings. The van der Waals surface area contributed by atoms with E-state index in [-0.39, 0.29) is 23.1 Å². The zero-order chi connectivity index (χ0) is 17.6. The summed E-state index contributed by atoms with van der Waals surface area (Å²) in [6.07, 6.45) is 0. The summed E-state index contributed by atoms with van der Waals surface area (Å²) in [5, 5.41) is 9.84. The van der Waals surface area contributed by atoms with Gasteiger partial charge in [-0.1, -0.05) is 17.7 Å². The molecule has 0 aliphatic carbocycles. The Morgan fingerprint density at radius 1 is 1.20 bits per heavy atom. The van der Waals surface area contributed by atoms with Crippen LogP contribution in [0.5, 0.6) is 0 Å². The number of hydrogen-bond acceptors (Lipinski definition) is 4. The van der Waals surface area contributed by atoms with Gasteiger partial charge in [0.25, 0.3) is 11.5 Å². The molecular weight excluding hydrogens is 320 g/mol. The van der Waals surface area contributed by atoms with Crippen molar-refractivity contribution in [3.63, 3.8) is 0 Å². The zero-order valence-electron chi connectivity index (χ0n) is 14.0. The Labute approximate surface area is 143 Å². The first kappa shape index (κ1) is 15.4. The fourth-order valence-electron chi connectivity index (χ4n) is 2.91. The van der Waals surface area contributed by atoms with Gasteiger partial charge in [-0.25, -0.2) is 9.67 Å². The van der Waals surface area contributed by atoms with Crippen LogP contribution in [0.3, 0.4) is 0 Å². The lowest BCUT2D eigenvalue weighted by Gasteiger charge is -2.37. The molecule has 2 aromatic heterocycles. The molecule has 8 nitrogen and oxygen atoms in total. The van der Waals surface area contributed by atoms with E-state index < -0.39 is 0 Å². The number of amides is 1. The van der Waals surface area contributed by atoms with Crippen LogP contribution in [0.2, 0.25) is 0 Å². The van der Waals surface area contributed by atoms with Crippen LogP contribution in [-0.2, 0) is 0 Å². The van der Waals surface area contributed by atoms with Crippen molar-refractivity contribution in [1.29, 1.82) is 0 Å². The maximum absolute atomic E-state index is 12.6. The maximum Gasteiger partial charge on any atom is 0.272 e. The maximum atomic E-state index is 12.6. The number of benzene rings is 1. The van der Waals surface area contributed by atoms with Gasteiger partial charge in [-0.15, -0.1) is 0 Å². The van der Waals surface area contributed by atoms with Gasteiger partial charge in [-0.05, 0) is 26.0 Å². The summed E-state index contributed by atoms with van der Waals surface area (Å²) < 4.78 is 1.38. The predicted molar refractivity (Wildman–Crippen MR) is 90.9 cm³/mol. The minimum Gasteiger partial charge on any atom is -0.336 e. The second-order valence-corrected chi connectivity index (χ2v) is 6.37. The number of likely N-dealkylation sites (tertiary alicyclic amines) is 1. The Bertz CT molecular complexity index is 975. The van der Waals surface area contributed by atoms with Crippen molar-refractivity contribution in [3.05, 3.63) is 63.6 Å². The molecule has 4 rings (SSSR count). The summed E-state index contributed by atoms with van der Waals surface area (Å²) in [6, 6.07) is 8.86. The Morgan fingerprint density at radius 3 is 2.56 bits per heavy atom. The first-order chi connectivity index (χ1) is 12.0. The van der Waals surface area contributed by atoms with Crippen LogP contribution in [0.15, 0.2) is 35.1 Å². The van der Waals surface area contributed by atoms with Crippen LogP contribution >= 0.6 is 0 Å². The average Bonchev–Trinajstić information content (AvgIpc) is 3.13. The molecule has 0 saturated carbocycles. The molecule has 0 atom stereocenters. The summed E-state index contributed by atoms with van der Waals surface area (Å²) >= 11 is 0. The van der Waals surface area contributed by atoms with E-state index in [2.05, 4.69) is 20.3 Å². The smallest absolute Gasteiger partial charge is 0.272 e. The predicted octanol–water partition coefficient (Wildman–Crippen LogP) is 1.14. The lowest BCUT2D eigenvalue weighted by molar-refractivity contribution is 0.0588. The Morgan fingerprint density at radius 2 is 1.92 bits per heavy atom. The number of nitrogens with zero attached hydrogens (tertiary/aromatic N) is 4. The van der Waals surface area contributed by atoms with Crippen molar-refractivity contribution in [2.24, 2.45) is 0 Å². The number of rotatable bonds is 3. The largest absolute Gasteiger partial charge is 0.336 e. The van der Waals surface area contributed by atoms with Gasteiger partial charge < -0.3 is 4.90 Å². The summed E-state index contributed by atoms with van der Waals surface area (Å²) in [5.41, 5.74) is 1.84. The molecule has 0 radical (unpaired) electrons. The highest BCUT2D eigenvalue weighted by Gasteiger charge is 2.35. The molecule has 0 unspecified atom stereocenters. The normalized spacial score (nSPS) is 14.6. The molecule has 0 spiro atoms. The van der Waals surface area contributed by atoms with E-state index >= 15 is 0 Å². The molecule has 128 valence electrons. The number of aromatic nitrogens is 5. The van der Waals surface area contributed by atoms with Crippen molar-refractivity contribution < 1.29 is 4.79 Å². The lowest BCUT2D eigenvalue weighted by atomic mass is 9.99. The quantitative estimate of drug-likeness (QED) is 0.748. The number of carbonyl (C=O) groups excluding carboxylic acids is 1. The van der Waals surface area contributed by atoms with E-state index in [9.17, 15) is 9.59 Å². The molecule has 3 heterocycles. The SMILES string of the molecule is Cc1ccc(-n2[nH]c(C(=O)N3CC(c4n[nH]c(C)n4)C3)cc2=O)cc1. The van der Waals surface area contributed by atoms with Crippen LogP contribution in [0, 0.1) is 13.8 Å². The van der Waals surface area contributed by atoms with Gasteiger partial charge in [0, 0.05) is 19.2 Å². The first-order valence-electron chi connectivity index (χ1n) is 8.08. The highest BCUT2D eigenvalue weighted by atomic mass is 16.2.